The van der Waals surface area contributed by atoms with Gasteiger partial charge in [0.1, 0.15) is 5.54 Å². The monoisotopic (exact) mass is 334 g/mol. The average Bonchev–Trinajstić information content (AvgIpc) is 2.83. The van der Waals surface area contributed by atoms with Crippen LogP contribution in [0.15, 0.2) is 42.5 Å². The van der Waals surface area contributed by atoms with E-state index in [2.05, 4.69) is 17.4 Å². The highest BCUT2D eigenvalue weighted by Crippen LogP contribution is 2.40. The summed E-state index contributed by atoms with van der Waals surface area (Å²) >= 11 is 0. The number of rotatable bonds is 2. The number of benzene rings is 2. The van der Waals surface area contributed by atoms with E-state index in [0.29, 0.717) is 13.0 Å². The molecule has 0 bridgehead atoms. The molecule has 1 N–H and O–H groups in total. The van der Waals surface area contributed by atoms with Gasteiger partial charge in [0.25, 0.3) is 5.91 Å². The minimum Gasteiger partial charge on any atom is -0.319 e. The number of aryl methyl sites for hydroxylation is 3. The van der Waals surface area contributed by atoms with Crippen LogP contribution in [-0.2, 0) is 23.3 Å². The van der Waals surface area contributed by atoms with E-state index in [4.69, 9.17) is 0 Å². The SMILES string of the molecule is Cc1ccc(C)c(CN2C(=O)NC3(CCCc4ccccc43)C2=O)c1. The minimum atomic E-state index is -0.885. The number of urea groups is 1. The highest BCUT2D eigenvalue weighted by atomic mass is 16.2. The molecule has 1 aliphatic heterocycles. The van der Waals surface area contributed by atoms with Crippen LogP contribution in [0.25, 0.3) is 0 Å². The van der Waals surface area contributed by atoms with E-state index in [0.717, 1.165) is 40.7 Å². The Morgan fingerprint density at radius 2 is 1.92 bits per heavy atom. The normalized spacial score (nSPS) is 22.2. The van der Waals surface area contributed by atoms with E-state index in [1.807, 2.05) is 44.2 Å². The summed E-state index contributed by atoms with van der Waals surface area (Å²) in [7, 11) is 0. The number of fused-ring (bicyclic) bond motifs is 2. The molecule has 3 amide bonds. The van der Waals surface area contributed by atoms with Crippen LogP contribution < -0.4 is 5.32 Å². The summed E-state index contributed by atoms with van der Waals surface area (Å²) in [5.41, 5.74) is 4.48. The van der Waals surface area contributed by atoms with Crippen molar-refractivity contribution in [2.45, 2.75) is 45.2 Å². The van der Waals surface area contributed by atoms with Gasteiger partial charge < -0.3 is 5.32 Å². The number of nitrogens with zero attached hydrogens (tertiary/aromatic N) is 1. The van der Waals surface area contributed by atoms with E-state index >= 15 is 0 Å². The van der Waals surface area contributed by atoms with Crippen LogP contribution in [0.5, 0.6) is 0 Å². The first-order valence-corrected chi connectivity index (χ1v) is 8.80. The summed E-state index contributed by atoms with van der Waals surface area (Å²) in [6, 6.07) is 13.8. The van der Waals surface area contributed by atoms with Crippen LogP contribution in [0.2, 0.25) is 0 Å². The van der Waals surface area contributed by atoms with Gasteiger partial charge in [0.05, 0.1) is 6.54 Å². The van der Waals surface area contributed by atoms with Gasteiger partial charge in [-0.1, -0.05) is 48.0 Å². The van der Waals surface area contributed by atoms with Gasteiger partial charge in [0.15, 0.2) is 0 Å². The van der Waals surface area contributed by atoms with Crippen LogP contribution in [0, 0.1) is 13.8 Å². The molecule has 4 nitrogen and oxygen atoms in total. The second-order valence-electron chi connectivity index (χ2n) is 7.17. The summed E-state index contributed by atoms with van der Waals surface area (Å²) in [5.74, 6) is -0.120. The van der Waals surface area contributed by atoms with Crippen LogP contribution in [0.1, 0.15) is 40.7 Å². The Morgan fingerprint density at radius 1 is 1.12 bits per heavy atom. The average molecular weight is 334 g/mol. The molecule has 2 aromatic rings. The maximum Gasteiger partial charge on any atom is 0.325 e. The molecule has 4 rings (SSSR count). The Labute approximate surface area is 147 Å². The number of carbonyl (C=O) groups is 2. The molecule has 1 saturated heterocycles. The predicted molar refractivity (Wildman–Crippen MR) is 96.1 cm³/mol. The van der Waals surface area contributed by atoms with Crippen LogP contribution in [0.4, 0.5) is 4.79 Å². The summed E-state index contributed by atoms with van der Waals surface area (Å²) in [6.07, 6.45) is 2.52. The van der Waals surface area contributed by atoms with Gasteiger partial charge in [-0.05, 0) is 55.4 Å². The minimum absolute atomic E-state index is 0.120. The fraction of sp³-hybridized carbons (Fsp3) is 0.333. The van der Waals surface area contributed by atoms with Gasteiger partial charge in [-0.2, -0.15) is 0 Å². The molecule has 4 heteroatoms. The van der Waals surface area contributed by atoms with Crippen molar-refractivity contribution in [3.05, 3.63) is 70.3 Å². The molecule has 2 aliphatic rings. The quantitative estimate of drug-likeness (QED) is 0.853. The summed E-state index contributed by atoms with van der Waals surface area (Å²) < 4.78 is 0. The molecule has 1 atom stereocenters. The Hall–Kier alpha value is -2.62. The Kier molecular flexibility index (Phi) is 3.64. The number of nitrogens with one attached hydrogen (secondary N) is 1. The molecule has 0 aromatic heterocycles. The zero-order chi connectivity index (χ0) is 17.6. The van der Waals surface area contributed by atoms with Crippen molar-refractivity contribution in [1.29, 1.82) is 0 Å². The molecule has 0 radical (unpaired) electrons. The van der Waals surface area contributed by atoms with Gasteiger partial charge >= 0.3 is 6.03 Å². The lowest BCUT2D eigenvalue weighted by atomic mass is 9.76. The smallest absolute Gasteiger partial charge is 0.319 e. The van der Waals surface area contributed by atoms with Crippen LogP contribution in [0.3, 0.4) is 0 Å². The first kappa shape index (κ1) is 15.9. The van der Waals surface area contributed by atoms with Crippen molar-refractivity contribution in [2.75, 3.05) is 0 Å². The molecule has 1 spiro atoms. The fourth-order valence-electron chi connectivity index (χ4n) is 4.10. The number of amides is 3. The first-order valence-electron chi connectivity index (χ1n) is 8.80. The first-order chi connectivity index (χ1) is 12.0. The third-order valence-corrected chi connectivity index (χ3v) is 5.48. The Bertz CT molecular complexity index is 874. The number of imide groups is 1. The van der Waals surface area contributed by atoms with E-state index < -0.39 is 5.54 Å². The molecular weight excluding hydrogens is 312 g/mol. The zero-order valence-electron chi connectivity index (χ0n) is 14.6. The van der Waals surface area contributed by atoms with Gasteiger partial charge in [-0.3, -0.25) is 9.69 Å². The summed E-state index contributed by atoms with van der Waals surface area (Å²) in [4.78, 5) is 27.3. The van der Waals surface area contributed by atoms with E-state index in [1.54, 1.807) is 0 Å². The van der Waals surface area contributed by atoms with Gasteiger partial charge in [0, 0.05) is 0 Å². The second-order valence-corrected chi connectivity index (χ2v) is 7.17. The lowest BCUT2D eigenvalue weighted by molar-refractivity contribution is -0.132. The van der Waals surface area contributed by atoms with Gasteiger partial charge in [0.2, 0.25) is 0 Å². The predicted octanol–water partition coefficient (Wildman–Crippen LogP) is 3.59. The van der Waals surface area contributed by atoms with Crippen molar-refractivity contribution >= 4 is 11.9 Å². The summed E-state index contributed by atoms with van der Waals surface area (Å²) in [5, 5.41) is 3.02. The molecular formula is C21H22N2O2. The lowest BCUT2D eigenvalue weighted by Gasteiger charge is -2.33. The highest BCUT2D eigenvalue weighted by molar-refractivity contribution is 6.07. The number of hydrogen-bond donors (Lipinski definition) is 1. The third kappa shape index (κ3) is 2.44. The maximum atomic E-state index is 13.3. The van der Waals surface area contributed by atoms with E-state index in [1.165, 1.54) is 4.90 Å². The number of hydrogen-bond acceptors (Lipinski definition) is 2. The Morgan fingerprint density at radius 3 is 2.76 bits per heavy atom. The molecule has 0 saturated carbocycles. The molecule has 128 valence electrons. The van der Waals surface area contributed by atoms with Gasteiger partial charge in [-0.15, -0.1) is 0 Å². The Balaban J connectivity index is 1.71. The van der Waals surface area contributed by atoms with Crippen molar-refractivity contribution in [1.82, 2.24) is 10.2 Å². The molecule has 1 fully saturated rings. The van der Waals surface area contributed by atoms with Crippen LogP contribution in [-0.4, -0.2) is 16.8 Å². The second kappa shape index (κ2) is 5.73. The molecule has 1 aliphatic carbocycles. The lowest BCUT2D eigenvalue weighted by Crippen LogP contribution is -2.46. The van der Waals surface area contributed by atoms with Crippen molar-refractivity contribution in [3.63, 3.8) is 0 Å². The topological polar surface area (TPSA) is 49.4 Å². The molecule has 2 aromatic carbocycles. The standard InChI is InChI=1S/C21H22N2O2/c1-14-9-10-15(2)17(12-14)13-23-19(24)21(22-20(23)25)11-5-7-16-6-3-4-8-18(16)21/h3-4,6,8-10,12H,5,7,11,13H2,1-2H3,(H,22,25). The number of carbonyl (C=O) groups excluding carboxylic acids is 2. The molecule has 1 heterocycles. The van der Waals surface area contributed by atoms with Gasteiger partial charge in [-0.25, -0.2) is 4.79 Å². The largest absolute Gasteiger partial charge is 0.325 e. The van der Waals surface area contributed by atoms with Crippen molar-refractivity contribution in [2.24, 2.45) is 0 Å². The third-order valence-electron chi connectivity index (χ3n) is 5.48. The van der Waals surface area contributed by atoms with E-state index in [9.17, 15) is 9.59 Å². The maximum absolute atomic E-state index is 13.3. The highest BCUT2D eigenvalue weighted by Gasteiger charge is 2.53. The summed E-state index contributed by atoms with van der Waals surface area (Å²) in [6.45, 7) is 4.36. The zero-order valence-corrected chi connectivity index (χ0v) is 14.6. The molecule has 1 unspecified atom stereocenters. The van der Waals surface area contributed by atoms with Crippen molar-refractivity contribution < 1.29 is 9.59 Å². The fourth-order valence-corrected chi connectivity index (χ4v) is 4.10. The van der Waals surface area contributed by atoms with E-state index in [-0.39, 0.29) is 11.9 Å². The molecule has 25 heavy (non-hydrogen) atoms. The van der Waals surface area contributed by atoms with Crippen molar-refractivity contribution in [3.8, 4) is 0 Å². The van der Waals surface area contributed by atoms with Crippen LogP contribution >= 0.6 is 0 Å².